The molecule has 1 saturated carbocycles. The fourth-order valence-electron chi connectivity index (χ4n) is 3.12. The Kier molecular flexibility index (Phi) is 5.53. The molecule has 5 heteroatoms. The van der Waals surface area contributed by atoms with Crippen LogP contribution in [0.15, 0.2) is 42.6 Å². The maximum absolute atomic E-state index is 12.3. The number of carbonyl (C=O) groups is 1. The highest BCUT2D eigenvalue weighted by atomic mass is 16.1. The van der Waals surface area contributed by atoms with Crippen molar-refractivity contribution in [1.82, 2.24) is 10.3 Å². The molecule has 1 aliphatic rings. The van der Waals surface area contributed by atoms with E-state index in [0.29, 0.717) is 11.7 Å². The van der Waals surface area contributed by atoms with Crippen LogP contribution in [0.25, 0.3) is 0 Å². The second kappa shape index (κ2) is 8.01. The monoisotopic (exact) mass is 338 g/mol. The third-order valence-electron chi connectivity index (χ3n) is 4.61. The Hall–Kier alpha value is -2.56. The number of anilines is 3. The van der Waals surface area contributed by atoms with Crippen molar-refractivity contribution < 1.29 is 4.79 Å². The van der Waals surface area contributed by atoms with E-state index in [9.17, 15) is 4.79 Å². The lowest BCUT2D eigenvalue weighted by molar-refractivity contribution is 0.0922. The molecule has 3 rings (SSSR count). The number of amides is 1. The molecule has 0 bridgehead atoms. The van der Waals surface area contributed by atoms with E-state index < -0.39 is 0 Å². The molecule has 1 aromatic heterocycles. The van der Waals surface area contributed by atoms with Gasteiger partial charge in [0.2, 0.25) is 0 Å². The summed E-state index contributed by atoms with van der Waals surface area (Å²) in [4.78, 5) is 18.6. The highest BCUT2D eigenvalue weighted by Crippen LogP contribution is 2.20. The van der Waals surface area contributed by atoms with Crippen molar-refractivity contribution in [2.24, 2.45) is 0 Å². The SMILES string of the molecule is CN(C)c1ccc(Nc2ccc(C(=O)NC3CCCCC3)nc2)cc1. The Morgan fingerprint density at radius 3 is 2.28 bits per heavy atom. The average molecular weight is 338 g/mol. The van der Waals surface area contributed by atoms with Crippen molar-refractivity contribution in [3.05, 3.63) is 48.3 Å². The summed E-state index contributed by atoms with van der Waals surface area (Å²) in [6.45, 7) is 0. The normalized spacial score (nSPS) is 14.8. The number of aromatic nitrogens is 1. The van der Waals surface area contributed by atoms with E-state index >= 15 is 0 Å². The van der Waals surface area contributed by atoms with Crippen LogP contribution in [0.5, 0.6) is 0 Å². The number of rotatable bonds is 5. The summed E-state index contributed by atoms with van der Waals surface area (Å²) in [5.74, 6) is -0.0752. The van der Waals surface area contributed by atoms with Gasteiger partial charge < -0.3 is 15.5 Å². The van der Waals surface area contributed by atoms with Gasteiger partial charge in [0.1, 0.15) is 5.69 Å². The molecule has 5 nitrogen and oxygen atoms in total. The number of hydrogen-bond acceptors (Lipinski definition) is 4. The van der Waals surface area contributed by atoms with Crippen LogP contribution in [-0.2, 0) is 0 Å². The van der Waals surface area contributed by atoms with Gasteiger partial charge >= 0.3 is 0 Å². The molecular formula is C20H26N4O. The van der Waals surface area contributed by atoms with Crippen molar-refractivity contribution in [2.45, 2.75) is 38.1 Å². The average Bonchev–Trinajstić information content (AvgIpc) is 2.63. The highest BCUT2D eigenvalue weighted by Gasteiger charge is 2.17. The second-order valence-electron chi connectivity index (χ2n) is 6.81. The number of carbonyl (C=O) groups excluding carboxylic acids is 1. The number of nitrogens with zero attached hydrogens (tertiary/aromatic N) is 2. The van der Waals surface area contributed by atoms with E-state index in [2.05, 4.69) is 32.7 Å². The summed E-state index contributed by atoms with van der Waals surface area (Å²) in [6.07, 6.45) is 7.54. The topological polar surface area (TPSA) is 57.3 Å². The Morgan fingerprint density at radius 2 is 1.68 bits per heavy atom. The standard InChI is InChI=1S/C20H26N4O/c1-24(2)18-11-8-16(9-12-18)22-17-10-13-19(21-14-17)20(25)23-15-6-4-3-5-7-15/h8-15,22H,3-7H2,1-2H3,(H,23,25). The number of nitrogens with one attached hydrogen (secondary N) is 2. The number of pyridine rings is 1. The molecule has 1 aliphatic carbocycles. The summed E-state index contributed by atoms with van der Waals surface area (Å²) in [5, 5.41) is 6.40. The zero-order chi connectivity index (χ0) is 17.6. The summed E-state index contributed by atoms with van der Waals surface area (Å²) in [7, 11) is 4.03. The number of benzene rings is 1. The molecule has 1 aromatic carbocycles. The molecule has 1 heterocycles. The lowest BCUT2D eigenvalue weighted by atomic mass is 9.95. The van der Waals surface area contributed by atoms with Crippen LogP contribution in [0.3, 0.4) is 0 Å². The second-order valence-corrected chi connectivity index (χ2v) is 6.81. The van der Waals surface area contributed by atoms with Crippen molar-refractivity contribution in [1.29, 1.82) is 0 Å². The van der Waals surface area contributed by atoms with E-state index in [1.54, 1.807) is 12.3 Å². The largest absolute Gasteiger partial charge is 0.378 e. The van der Waals surface area contributed by atoms with Crippen LogP contribution in [0, 0.1) is 0 Å². The van der Waals surface area contributed by atoms with E-state index in [-0.39, 0.29) is 5.91 Å². The zero-order valence-corrected chi connectivity index (χ0v) is 15.0. The molecule has 0 unspecified atom stereocenters. The number of hydrogen-bond donors (Lipinski definition) is 2. The van der Waals surface area contributed by atoms with Crippen molar-refractivity contribution >= 4 is 23.0 Å². The Bertz CT molecular complexity index is 689. The highest BCUT2D eigenvalue weighted by molar-refractivity contribution is 5.92. The molecule has 132 valence electrons. The van der Waals surface area contributed by atoms with Gasteiger partial charge in [-0.1, -0.05) is 19.3 Å². The third kappa shape index (κ3) is 4.72. The molecule has 25 heavy (non-hydrogen) atoms. The Morgan fingerprint density at radius 1 is 1.00 bits per heavy atom. The molecule has 2 N–H and O–H groups in total. The van der Waals surface area contributed by atoms with Crippen LogP contribution in [0.4, 0.5) is 17.1 Å². The van der Waals surface area contributed by atoms with Crippen molar-refractivity contribution in [3.8, 4) is 0 Å². The van der Waals surface area contributed by atoms with Gasteiger partial charge in [-0.25, -0.2) is 4.98 Å². The molecule has 0 saturated heterocycles. The Labute approximate surface area is 149 Å². The Balaban J connectivity index is 1.58. The first kappa shape index (κ1) is 17.3. The molecule has 0 aliphatic heterocycles. The van der Waals surface area contributed by atoms with Gasteiger partial charge in [0.25, 0.3) is 5.91 Å². The van der Waals surface area contributed by atoms with Gasteiger partial charge in [0.15, 0.2) is 0 Å². The summed E-state index contributed by atoms with van der Waals surface area (Å²) in [5.41, 5.74) is 3.48. The zero-order valence-electron chi connectivity index (χ0n) is 15.0. The van der Waals surface area contributed by atoms with Gasteiger partial charge in [-0.3, -0.25) is 4.79 Å². The first-order valence-corrected chi connectivity index (χ1v) is 8.93. The van der Waals surface area contributed by atoms with Gasteiger partial charge in [0, 0.05) is 31.5 Å². The molecule has 2 aromatic rings. The van der Waals surface area contributed by atoms with Crippen LogP contribution in [-0.4, -0.2) is 31.0 Å². The smallest absolute Gasteiger partial charge is 0.270 e. The van der Waals surface area contributed by atoms with Gasteiger partial charge in [-0.05, 0) is 49.2 Å². The predicted molar refractivity (Wildman–Crippen MR) is 103 cm³/mol. The molecule has 1 amide bonds. The summed E-state index contributed by atoms with van der Waals surface area (Å²) >= 11 is 0. The fourth-order valence-corrected chi connectivity index (χ4v) is 3.12. The van der Waals surface area contributed by atoms with Gasteiger partial charge in [0.05, 0.1) is 11.9 Å². The lowest BCUT2D eigenvalue weighted by Gasteiger charge is -2.22. The summed E-state index contributed by atoms with van der Waals surface area (Å²) < 4.78 is 0. The van der Waals surface area contributed by atoms with Crippen LogP contribution in [0.1, 0.15) is 42.6 Å². The molecule has 0 spiro atoms. The first-order chi connectivity index (χ1) is 12.1. The lowest BCUT2D eigenvalue weighted by Crippen LogP contribution is -2.36. The minimum absolute atomic E-state index is 0.0752. The first-order valence-electron chi connectivity index (χ1n) is 8.93. The maximum Gasteiger partial charge on any atom is 0.270 e. The minimum atomic E-state index is -0.0752. The maximum atomic E-state index is 12.3. The molecule has 0 radical (unpaired) electrons. The minimum Gasteiger partial charge on any atom is -0.378 e. The van der Waals surface area contributed by atoms with Crippen LogP contribution in [0.2, 0.25) is 0 Å². The van der Waals surface area contributed by atoms with Gasteiger partial charge in [-0.2, -0.15) is 0 Å². The van der Waals surface area contributed by atoms with Crippen molar-refractivity contribution in [3.63, 3.8) is 0 Å². The fraction of sp³-hybridized carbons (Fsp3) is 0.400. The third-order valence-corrected chi connectivity index (χ3v) is 4.61. The molecular weight excluding hydrogens is 312 g/mol. The molecule has 0 atom stereocenters. The predicted octanol–water partition coefficient (Wildman–Crippen LogP) is 3.95. The van der Waals surface area contributed by atoms with E-state index in [1.165, 1.54) is 19.3 Å². The summed E-state index contributed by atoms with van der Waals surface area (Å²) in [6, 6.07) is 12.1. The van der Waals surface area contributed by atoms with Crippen molar-refractivity contribution in [2.75, 3.05) is 24.3 Å². The van der Waals surface area contributed by atoms with E-state index in [0.717, 1.165) is 29.9 Å². The van der Waals surface area contributed by atoms with Crippen LogP contribution < -0.4 is 15.5 Å². The van der Waals surface area contributed by atoms with E-state index in [4.69, 9.17) is 0 Å². The van der Waals surface area contributed by atoms with E-state index in [1.807, 2.05) is 32.3 Å². The van der Waals surface area contributed by atoms with Crippen LogP contribution >= 0.6 is 0 Å². The van der Waals surface area contributed by atoms with Gasteiger partial charge in [-0.15, -0.1) is 0 Å². The molecule has 1 fully saturated rings. The quantitative estimate of drug-likeness (QED) is 0.866.